The lowest BCUT2D eigenvalue weighted by atomic mass is 10.3. The van der Waals surface area contributed by atoms with E-state index in [1.165, 1.54) is 0 Å². The molecule has 0 radical (unpaired) electrons. The molecule has 1 saturated heterocycles. The highest BCUT2D eigenvalue weighted by atomic mass is 16.1. The molecule has 0 saturated carbocycles. The first kappa shape index (κ1) is 13.0. The van der Waals surface area contributed by atoms with Crippen LogP contribution in [0.25, 0.3) is 0 Å². The van der Waals surface area contributed by atoms with Crippen LogP contribution in [0.4, 0.5) is 5.82 Å². The van der Waals surface area contributed by atoms with Crippen LogP contribution < -0.4 is 10.5 Å². The fourth-order valence-electron chi connectivity index (χ4n) is 2.09. The molecule has 0 atom stereocenters. The Morgan fingerprint density at radius 3 is 2.67 bits per heavy atom. The molecule has 1 aromatic rings. The molecular formula is C12H21N5O. The number of anilines is 1. The second kappa shape index (κ2) is 5.97. The SMILES string of the molecule is CN(C)CCN1CCN(c2ncc[nH]c2=O)CC1. The molecule has 1 aromatic heterocycles. The third-order valence-electron chi connectivity index (χ3n) is 3.22. The lowest BCUT2D eigenvalue weighted by Crippen LogP contribution is -2.49. The zero-order valence-electron chi connectivity index (χ0n) is 11.1. The molecule has 0 unspecified atom stereocenters. The second-order valence-corrected chi connectivity index (χ2v) is 4.87. The molecule has 2 heterocycles. The van der Waals surface area contributed by atoms with Crippen molar-refractivity contribution < 1.29 is 0 Å². The smallest absolute Gasteiger partial charge is 0.290 e. The van der Waals surface area contributed by atoms with Gasteiger partial charge < -0.3 is 14.8 Å². The van der Waals surface area contributed by atoms with E-state index < -0.39 is 0 Å². The Bertz CT molecular complexity index is 422. The van der Waals surface area contributed by atoms with Crippen molar-refractivity contribution in [2.75, 3.05) is 58.3 Å². The number of aromatic amines is 1. The zero-order valence-corrected chi connectivity index (χ0v) is 11.1. The van der Waals surface area contributed by atoms with Crippen LogP contribution >= 0.6 is 0 Å². The van der Waals surface area contributed by atoms with E-state index in [2.05, 4.69) is 38.8 Å². The van der Waals surface area contributed by atoms with Crippen LogP contribution in [0.5, 0.6) is 0 Å². The van der Waals surface area contributed by atoms with Gasteiger partial charge in [0.2, 0.25) is 0 Å². The van der Waals surface area contributed by atoms with Crippen molar-refractivity contribution in [2.24, 2.45) is 0 Å². The monoisotopic (exact) mass is 251 g/mol. The van der Waals surface area contributed by atoms with E-state index in [4.69, 9.17) is 0 Å². The molecule has 6 nitrogen and oxygen atoms in total. The Labute approximate surface area is 107 Å². The summed E-state index contributed by atoms with van der Waals surface area (Å²) in [6, 6.07) is 0. The van der Waals surface area contributed by atoms with Crippen LogP contribution in [0.1, 0.15) is 0 Å². The van der Waals surface area contributed by atoms with Crippen LogP contribution in [0, 0.1) is 0 Å². The van der Waals surface area contributed by atoms with Gasteiger partial charge in [0, 0.05) is 51.7 Å². The maximum Gasteiger partial charge on any atom is 0.290 e. The van der Waals surface area contributed by atoms with Gasteiger partial charge in [0.05, 0.1) is 0 Å². The Morgan fingerprint density at radius 2 is 2.06 bits per heavy atom. The maximum absolute atomic E-state index is 11.6. The summed E-state index contributed by atoms with van der Waals surface area (Å²) >= 11 is 0. The van der Waals surface area contributed by atoms with Crippen molar-refractivity contribution in [1.82, 2.24) is 19.8 Å². The predicted molar refractivity (Wildman–Crippen MR) is 72.1 cm³/mol. The minimum atomic E-state index is -0.0979. The molecule has 1 N–H and O–H groups in total. The van der Waals surface area contributed by atoms with Gasteiger partial charge in [-0.05, 0) is 14.1 Å². The van der Waals surface area contributed by atoms with Crippen LogP contribution in [0.2, 0.25) is 0 Å². The molecule has 1 fully saturated rings. The number of rotatable bonds is 4. The van der Waals surface area contributed by atoms with Crippen molar-refractivity contribution in [3.05, 3.63) is 22.7 Å². The first-order valence-electron chi connectivity index (χ1n) is 6.32. The molecule has 100 valence electrons. The lowest BCUT2D eigenvalue weighted by Gasteiger charge is -2.35. The standard InChI is InChI=1S/C12H21N5O/c1-15(2)5-6-16-7-9-17(10-8-16)11-12(18)14-4-3-13-11/h3-4H,5-10H2,1-2H3,(H,14,18). The van der Waals surface area contributed by atoms with Crippen molar-refractivity contribution in [2.45, 2.75) is 0 Å². The van der Waals surface area contributed by atoms with E-state index in [0.717, 1.165) is 39.3 Å². The van der Waals surface area contributed by atoms with Crippen LogP contribution in [-0.4, -0.2) is 73.1 Å². The van der Waals surface area contributed by atoms with Crippen molar-refractivity contribution in [3.8, 4) is 0 Å². The number of piperazine rings is 1. The van der Waals surface area contributed by atoms with E-state index in [1.807, 2.05) is 0 Å². The van der Waals surface area contributed by atoms with Gasteiger partial charge in [-0.3, -0.25) is 9.69 Å². The van der Waals surface area contributed by atoms with E-state index in [0.29, 0.717) is 5.82 Å². The van der Waals surface area contributed by atoms with E-state index in [-0.39, 0.29) is 5.56 Å². The predicted octanol–water partition coefficient (Wildman–Crippen LogP) is -0.546. The largest absolute Gasteiger partial charge is 0.349 e. The number of likely N-dealkylation sites (N-methyl/N-ethyl adjacent to an activating group) is 1. The normalized spacial score (nSPS) is 17.4. The van der Waals surface area contributed by atoms with E-state index in [1.54, 1.807) is 12.4 Å². The molecule has 18 heavy (non-hydrogen) atoms. The third kappa shape index (κ3) is 3.30. The molecule has 0 aliphatic carbocycles. The topological polar surface area (TPSA) is 55.5 Å². The molecular weight excluding hydrogens is 230 g/mol. The number of nitrogens with one attached hydrogen (secondary N) is 1. The minimum Gasteiger partial charge on any atom is -0.349 e. The molecule has 0 amide bonds. The van der Waals surface area contributed by atoms with E-state index in [9.17, 15) is 4.79 Å². The molecule has 0 bridgehead atoms. The fourth-order valence-corrected chi connectivity index (χ4v) is 2.09. The van der Waals surface area contributed by atoms with Gasteiger partial charge in [-0.2, -0.15) is 0 Å². The summed E-state index contributed by atoms with van der Waals surface area (Å²) in [5.41, 5.74) is -0.0979. The quantitative estimate of drug-likeness (QED) is 0.778. The maximum atomic E-state index is 11.6. The highest BCUT2D eigenvalue weighted by Gasteiger charge is 2.19. The molecule has 2 rings (SSSR count). The van der Waals surface area contributed by atoms with Gasteiger partial charge in [-0.15, -0.1) is 0 Å². The van der Waals surface area contributed by atoms with Gasteiger partial charge >= 0.3 is 0 Å². The molecule has 0 aromatic carbocycles. The van der Waals surface area contributed by atoms with Gasteiger partial charge in [0.25, 0.3) is 5.56 Å². The number of hydrogen-bond acceptors (Lipinski definition) is 5. The second-order valence-electron chi connectivity index (χ2n) is 4.87. The Morgan fingerprint density at radius 1 is 1.33 bits per heavy atom. The van der Waals surface area contributed by atoms with E-state index >= 15 is 0 Å². The first-order chi connectivity index (χ1) is 8.66. The Balaban J connectivity index is 1.87. The summed E-state index contributed by atoms with van der Waals surface area (Å²) in [7, 11) is 4.17. The van der Waals surface area contributed by atoms with Gasteiger partial charge in [0.15, 0.2) is 5.82 Å². The summed E-state index contributed by atoms with van der Waals surface area (Å²) < 4.78 is 0. The number of H-pyrrole nitrogens is 1. The molecule has 6 heteroatoms. The average Bonchev–Trinajstić information content (AvgIpc) is 2.38. The van der Waals surface area contributed by atoms with Gasteiger partial charge in [0.1, 0.15) is 0 Å². The Hall–Kier alpha value is -1.40. The van der Waals surface area contributed by atoms with Crippen LogP contribution in [0.15, 0.2) is 17.2 Å². The molecule has 1 aliphatic heterocycles. The third-order valence-corrected chi connectivity index (χ3v) is 3.22. The lowest BCUT2D eigenvalue weighted by molar-refractivity contribution is 0.229. The molecule has 1 aliphatic rings. The Kier molecular flexibility index (Phi) is 4.33. The summed E-state index contributed by atoms with van der Waals surface area (Å²) in [6.45, 7) is 5.87. The van der Waals surface area contributed by atoms with Gasteiger partial charge in [-0.25, -0.2) is 4.98 Å². The van der Waals surface area contributed by atoms with Crippen molar-refractivity contribution >= 4 is 5.82 Å². The fraction of sp³-hybridized carbons (Fsp3) is 0.667. The number of aromatic nitrogens is 2. The number of hydrogen-bond donors (Lipinski definition) is 1. The first-order valence-corrected chi connectivity index (χ1v) is 6.32. The van der Waals surface area contributed by atoms with Crippen molar-refractivity contribution in [1.29, 1.82) is 0 Å². The summed E-state index contributed by atoms with van der Waals surface area (Å²) in [6.07, 6.45) is 3.20. The highest BCUT2D eigenvalue weighted by Crippen LogP contribution is 2.07. The summed E-state index contributed by atoms with van der Waals surface area (Å²) in [5.74, 6) is 0.546. The summed E-state index contributed by atoms with van der Waals surface area (Å²) in [4.78, 5) is 25.1. The molecule has 0 spiro atoms. The zero-order chi connectivity index (χ0) is 13.0. The average molecular weight is 251 g/mol. The van der Waals surface area contributed by atoms with Crippen molar-refractivity contribution in [3.63, 3.8) is 0 Å². The summed E-state index contributed by atoms with van der Waals surface area (Å²) in [5, 5.41) is 0. The minimum absolute atomic E-state index is 0.0979. The van der Waals surface area contributed by atoms with Crippen LogP contribution in [-0.2, 0) is 0 Å². The highest BCUT2D eigenvalue weighted by molar-refractivity contribution is 5.35. The van der Waals surface area contributed by atoms with Crippen LogP contribution in [0.3, 0.4) is 0 Å². The number of nitrogens with zero attached hydrogens (tertiary/aromatic N) is 4. The van der Waals surface area contributed by atoms with Gasteiger partial charge in [-0.1, -0.05) is 0 Å².